The van der Waals surface area contributed by atoms with Gasteiger partial charge >= 0.3 is 0 Å². The van der Waals surface area contributed by atoms with Crippen LogP contribution in [0.25, 0.3) is 5.69 Å². The van der Waals surface area contributed by atoms with Gasteiger partial charge in [-0.3, -0.25) is 9.59 Å². The maximum absolute atomic E-state index is 12.7. The van der Waals surface area contributed by atoms with Crippen molar-refractivity contribution in [3.05, 3.63) is 76.1 Å². The lowest BCUT2D eigenvalue weighted by Gasteiger charge is -2.17. The molecule has 29 heavy (non-hydrogen) atoms. The normalized spacial score (nSPS) is 10.7. The van der Waals surface area contributed by atoms with Crippen LogP contribution in [0.2, 0.25) is 5.02 Å². The number of aromatic nitrogens is 2. The summed E-state index contributed by atoms with van der Waals surface area (Å²) in [5.74, 6) is -0.486. The van der Waals surface area contributed by atoms with Crippen LogP contribution < -0.4 is 5.32 Å². The molecular formula is C22H23ClN4O2. The zero-order chi connectivity index (χ0) is 21.1. The molecule has 0 unspecified atom stereocenters. The highest BCUT2D eigenvalue weighted by molar-refractivity contribution is 6.31. The number of nitrogens with one attached hydrogen (secondary N) is 1. The molecule has 0 radical (unpaired) electrons. The number of anilines is 1. The van der Waals surface area contributed by atoms with Gasteiger partial charge in [-0.15, -0.1) is 0 Å². The number of nitrogens with zero attached hydrogens (tertiary/aromatic N) is 3. The van der Waals surface area contributed by atoms with E-state index in [9.17, 15) is 9.59 Å². The number of aryl methyl sites for hydroxylation is 2. The highest BCUT2D eigenvalue weighted by atomic mass is 35.5. The second-order valence-corrected chi connectivity index (χ2v) is 7.40. The standard InChI is InChI=1S/C22H23ClN4O2/c1-14-5-9-18(10-6-14)24-20(28)13-26(4)22(29)17-7-11-19(12-8-17)27-16(3)21(23)15(2)25-27/h5-12H,13H2,1-4H3,(H,24,28). The largest absolute Gasteiger partial charge is 0.332 e. The molecule has 0 fully saturated rings. The average Bonchev–Trinajstić information content (AvgIpc) is 2.96. The molecule has 6 nitrogen and oxygen atoms in total. The molecule has 0 saturated carbocycles. The Morgan fingerprint density at radius 1 is 1.03 bits per heavy atom. The van der Waals surface area contributed by atoms with Crippen LogP contribution in [0.4, 0.5) is 5.69 Å². The number of hydrogen-bond donors (Lipinski definition) is 1. The number of carbonyl (C=O) groups excluding carboxylic acids is 2. The van der Waals surface area contributed by atoms with E-state index in [0.717, 1.165) is 22.6 Å². The molecule has 0 bridgehead atoms. The van der Waals surface area contributed by atoms with Crippen molar-refractivity contribution in [2.45, 2.75) is 20.8 Å². The molecule has 0 aliphatic heterocycles. The summed E-state index contributed by atoms with van der Waals surface area (Å²) in [4.78, 5) is 26.3. The Labute approximate surface area is 175 Å². The zero-order valence-corrected chi connectivity index (χ0v) is 17.6. The smallest absolute Gasteiger partial charge is 0.254 e. The first-order valence-electron chi connectivity index (χ1n) is 9.20. The van der Waals surface area contributed by atoms with Crippen LogP contribution in [-0.4, -0.2) is 40.1 Å². The van der Waals surface area contributed by atoms with E-state index in [4.69, 9.17) is 11.6 Å². The van der Waals surface area contributed by atoms with E-state index in [1.807, 2.05) is 57.2 Å². The maximum atomic E-state index is 12.7. The Kier molecular flexibility index (Phi) is 6.03. The molecule has 150 valence electrons. The van der Waals surface area contributed by atoms with Crippen molar-refractivity contribution in [1.29, 1.82) is 0 Å². The van der Waals surface area contributed by atoms with Crippen molar-refractivity contribution in [3.63, 3.8) is 0 Å². The Hall–Kier alpha value is -3.12. The lowest BCUT2D eigenvalue weighted by Crippen LogP contribution is -2.34. The number of rotatable bonds is 5. The molecule has 1 N–H and O–H groups in total. The van der Waals surface area contributed by atoms with Gasteiger partial charge in [-0.1, -0.05) is 29.3 Å². The van der Waals surface area contributed by atoms with E-state index >= 15 is 0 Å². The van der Waals surface area contributed by atoms with Gasteiger partial charge in [0.15, 0.2) is 0 Å². The minimum absolute atomic E-state index is 0.0402. The first kappa shape index (κ1) is 20.6. The topological polar surface area (TPSA) is 67.2 Å². The number of halogens is 1. The second-order valence-electron chi connectivity index (χ2n) is 7.02. The monoisotopic (exact) mass is 410 g/mol. The third kappa shape index (κ3) is 4.66. The number of amides is 2. The fraction of sp³-hybridized carbons (Fsp3) is 0.227. The summed E-state index contributed by atoms with van der Waals surface area (Å²) in [7, 11) is 1.60. The molecular weight excluding hydrogens is 388 g/mol. The first-order chi connectivity index (χ1) is 13.8. The molecule has 3 rings (SSSR count). The van der Waals surface area contributed by atoms with E-state index in [1.54, 1.807) is 23.9 Å². The third-order valence-corrected chi connectivity index (χ3v) is 5.17. The van der Waals surface area contributed by atoms with Crippen molar-refractivity contribution in [2.24, 2.45) is 0 Å². The summed E-state index contributed by atoms with van der Waals surface area (Å²) in [6.07, 6.45) is 0. The zero-order valence-electron chi connectivity index (χ0n) is 16.9. The third-order valence-electron chi connectivity index (χ3n) is 4.62. The fourth-order valence-corrected chi connectivity index (χ4v) is 3.08. The van der Waals surface area contributed by atoms with Crippen molar-refractivity contribution in [2.75, 3.05) is 18.9 Å². The highest BCUT2D eigenvalue weighted by Crippen LogP contribution is 2.22. The quantitative estimate of drug-likeness (QED) is 0.686. The predicted octanol–water partition coefficient (Wildman–Crippen LogP) is 4.16. The van der Waals surface area contributed by atoms with E-state index in [-0.39, 0.29) is 18.4 Å². The Morgan fingerprint density at radius 2 is 1.66 bits per heavy atom. The number of hydrogen-bond acceptors (Lipinski definition) is 3. The minimum atomic E-state index is -0.251. The van der Waals surface area contributed by atoms with Crippen LogP contribution >= 0.6 is 11.6 Å². The summed E-state index contributed by atoms with van der Waals surface area (Å²) in [6, 6.07) is 14.6. The van der Waals surface area contributed by atoms with Gasteiger partial charge in [-0.2, -0.15) is 5.10 Å². The average molecular weight is 411 g/mol. The Balaban J connectivity index is 1.65. The second kappa shape index (κ2) is 8.49. The number of benzene rings is 2. The minimum Gasteiger partial charge on any atom is -0.332 e. The van der Waals surface area contributed by atoms with Crippen LogP contribution in [0.3, 0.4) is 0 Å². The van der Waals surface area contributed by atoms with Crippen molar-refractivity contribution in [1.82, 2.24) is 14.7 Å². The van der Waals surface area contributed by atoms with Crippen molar-refractivity contribution in [3.8, 4) is 5.69 Å². The lowest BCUT2D eigenvalue weighted by molar-refractivity contribution is -0.116. The molecule has 0 aliphatic rings. The van der Waals surface area contributed by atoms with Crippen molar-refractivity contribution < 1.29 is 9.59 Å². The van der Waals surface area contributed by atoms with Gasteiger partial charge < -0.3 is 10.2 Å². The summed E-state index contributed by atoms with van der Waals surface area (Å²) in [5.41, 5.74) is 4.72. The van der Waals surface area contributed by atoms with E-state index in [0.29, 0.717) is 16.3 Å². The molecule has 0 saturated heterocycles. The maximum Gasteiger partial charge on any atom is 0.254 e. The van der Waals surface area contributed by atoms with Crippen molar-refractivity contribution >= 4 is 29.1 Å². The molecule has 0 spiro atoms. The summed E-state index contributed by atoms with van der Waals surface area (Å²) < 4.78 is 1.74. The van der Waals surface area contributed by atoms with Crippen LogP contribution in [0.1, 0.15) is 27.3 Å². The molecule has 0 atom stereocenters. The molecule has 2 amide bonds. The summed E-state index contributed by atoms with van der Waals surface area (Å²) in [6.45, 7) is 5.68. The molecule has 0 aliphatic carbocycles. The predicted molar refractivity (Wildman–Crippen MR) is 115 cm³/mol. The number of likely N-dealkylation sites (N-methyl/N-ethyl adjacent to an activating group) is 1. The summed E-state index contributed by atoms with van der Waals surface area (Å²) >= 11 is 6.20. The molecule has 1 heterocycles. The van der Waals surface area contributed by atoms with Crippen LogP contribution in [0, 0.1) is 20.8 Å². The summed E-state index contributed by atoms with van der Waals surface area (Å²) in [5, 5.41) is 7.83. The van der Waals surface area contributed by atoms with Gasteiger partial charge in [0.1, 0.15) is 0 Å². The van der Waals surface area contributed by atoms with E-state index < -0.39 is 0 Å². The molecule has 2 aromatic carbocycles. The molecule has 7 heteroatoms. The SMILES string of the molecule is Cc1ccc(NC(=O)CN(C)C(=O)c2ccc(-n3nc(C)c(Cl)c3C)cc2)cc1. The van der Waals surface area contributed by atoms with Gasteiger partial charge in [0, 0.05) is 18.3 Å². The van der Waals surface area contributed by atoms with Gasteiger partial charge in [0.25, 0.3) is 5.91 Å². The van der Waals surface area contributed by atoms with Crippen LogP contribution in [0.5, 0.6) is 0 Å². The lowest BCUT2D eigenvalue weighted by atomic mass is 10.2. The van der Waals surface area contributed by atoms with Gasteiger partial charge in [0.2, 0.25) is 5.91 Å². The Bertz CT molecular complexity index is 1040. The van der Waals surface area contributed by atoms with Gasteiger partial charge in [-0.25, -0.2) is 4.68 Å². The molecule has 3 aromatic rings. The van der Waals surface area contributed by atoms with E-state index in [2.05, 4.69) is 10.4 Å². The van der Waals surface area contributed by atoms with Gasteiger partial charge in [-0.05, 0) is 57.2 Å². The first-order valence-corrected chi connectivity index (χ1v) is 9.58. The highest BCUT2D eigenvalue weighted by Gasteiger charge is 2.16. The Morgan fingerprint density at radius 3 is 2.21 bits per heavy atom. The number of carbonyl (C=O) groups is 2. The van der Waals surface area contributed by atoms with E-state index in [1.165, 1.54) is 4.90 Å². The van der Waals surface area contributed by atoms with Crippen LogP contribution in [0.15, 0.2) is 48.5 Å². The fourth-order valence-electron chi connectivity index (χ4n) is 2.97. The van der Waals surface area contributed by atoms with Crippen LogP contribution in [-0.2, 0) is 4.79 Å². The van der Waals surface area contributed by atoms with Gasteiger partial charge in [0.05, 0.1) is 28.6 Å². The molecule has 1 aromatic heterocycles.